The molecule has 0 aromatic carbocycles. The molecule has 1 heterocycles. The Hall–Kier alpha value is -5.87. The molecule has 20 atom stereocenters. The monoisotopic (exact) mass is 2190 g/mol. The van der Waals surface area contributed by atoms with E-state index in [4.69, 9.17) is 33.2 Å². The van der Waals surface area contributed by atoms with E-state index in [1.165, 1.54) is 73.6 Å². The zero-order valence-electron chi connectivity index (χ0n) is 92.0. The van der Waals surface area contributed by atoms with Gasteiger partial charge in [-0.25, -0.2) is 0 Å². The van der Waals surface area contributed by atoms with Crippen molar-refractivity contribution in [2.24, 2.45) is 109 Å². The quantitative estimate of drug-likeness (QED) is 0.0264. The van der Waals surface area contributed by atoms with Crippen LogP contribution >= 0.6 is 0 Å². The molecular weight excluding hydrogens is 2000 g/mol. The van der Waals surface area contributed by atoms with E-state index in [0.29, 0.717) is 76.7 Å². The van der Waals surface area contributed by atoms with Crippen LogP contribution in [0.2, 0.25) is 0 Å². The molecule has 41 heteroatoms. The maximum Gasteiger partial charge on any atom is 0.434 e. The zero-order chi connectivity index (χ0) is 115. The maximum absolute atomic E-state index is 13.0. The van der Waals surface area contributed by atoms with Gasteiger partial charge in [-0.1, -0.05) is 143 Å². The lowest BCUT2D eigenvalue weighted by atomic mass is 9.70. The number of fused-ring (bicyclic) bond motifs is 3. The van der Waals surface area contributed by atoms with Crippen molar-refractivity contribution >= 4 is 47.8 Å². The summed E-state index contributed by atoms with van der Waals surface area (Å²) in [4.78, 5) is 95.8. The first kappa shape index (κ1) is 146. The van der Waals surface area contributed by atoms with Gasteiger partial charge < -0.3 is 58.3 Å². The third kappa shape index (κ3) is 43.0. The van der Waals surface area contributed by atoms with Crippen molar-refractivity contribution in [2.45, 2.75) is 518 Å². The number of alkyl halides is 21. The standard InChI is InChI=1S/C18H20F6O6.C17H29F3O3.C14H28O2.C13H23F3O.2C12H21F3O3.C10H17F3O2.C9H16.2CH4/c1-4-16(2,3)15(27)29-11-7-5-6-8(12(25)28-10(6)11)9(7)13(26)30-14(17(19,20)21)18(22,23)24;1-5-15(2,3)14(21)23-13(12-9-7-6-8-10-12)11-16(4,22)17(18,19)20;1-6-9-10-12(7-2)11-16-13(15)14(4,5)8-3;1-4-9(2)10-5-7-11(8-6-10)12(3,17)13(14,15)16;2*1-6-10(3,4)9(16)18-8(2)7-11(5,17)12(13,14)15;1-6-9(5,10(11,12)13)7(14)15-8(2,3)4;1-6-7(2)9-4-3-8(6)5-9;;/h6-11,14H,4-5H2,1-3H3;12-13,22H,5-11H2,1-4H3;12H,6-11H2,1-5H3;9-11,17H,4-8H2,1-3H3;2*8,17H,6-7H2,1-5H3;6H2,1-5H3;6-9H,3-5H2,1-2H3;2*1H4. The summed E-state index contributed by atoms with van der Waals surface area (Å²) < 4.78 is 306. The Labute approximate surface area is 866 Å². The maximum atomic E-state index is 13.0. The molecule has 1 aliphatic heterocycles. The lowest BCUT2D eigenvalue weighted by Crippen LogP contribution is -2.50. The first-order valence-electron chi connectivity index (χ1n) is 51.6. The van der Waals surface area contributed by atoms with Crippen LogP contribution in [0.15, 0.2) is 0 Å². The molecule has 0 radical (unpaired) electrons. The van der Waals surface area contributed by atoms with Gasteiger partial charge in [0.25, 0.3) is 6.10 Å². The van der Waals surface area contributed by atoms with Crippen LogP contribution in [0.25, 0.3) is 0 Å². The summed E-state index contributed by atoms with van der Waals surface area (Å²) in [5.74, 6) is -5.51. The fraction of sp³-hybridized carbons (Fsp3) is 0.925. The van der Waals surface area contributed by atoms with Crippen molar-refractivity contribution in [3.8, 4) is 0 Å². The molecule has 20 nitrogen and oxygen atoms in total. The molecule has 20 unspecified atom stereocenters. The number of unbranched alkanes of at least 4 members (excludes halogenated alkanes) is 1. The first-order valence-corrected chi connectivity index (χ1v) is 51.6. The summed E-state index contributed by atoms with van der Waals surface area (Å²) in [6.07, 6.45) is -26.3. The fourth-order valence-corrected chi connectivity index (χ4v) is 17.5. The normalized spacial score (nSPS) is 24.8. The molecule has 4 bridgehead atoms. The molecule has 0 amide bonds. The van der Waals surface area contributed by atoms with Crippen LogP contribution < -0.4 is 0 Å². The average molecular weight is 2190 g/mol. The van der Waals surface area contributed by atoms with Crippen LogP contribution in [-0.2, 0) is 76.3 Å². The van der Waals surface area contributed by atoms with Gasteiger partial charge in [0.05, 0.1) is 45.5 Å². The highest BCUT2D eigenvalue weighted by atomic mass is 19.4. The predicted molar refractivity (Wildman–Crippen MR) is 521 cm³/mol. The summed E-state index contributed by atoms with van der Waals surface area (Å²) in [7, 11) is 0. The van der Waals surface area contributed by atoms with Crippen LogP contribution in [0.1, 0.15) is 410 Å². The number of esters is 8. The van der Waals surface area contributed by atoms with Crippen LogP contribution in [0.4, 0.5) is 92.2 Å². The Morgan fingerprint density at radius 2 is 0.791 bits per heavy atom. The first-order chi connectivity index (χ1) is 65.6. The van der Waals surface area contributed by atoms with E-state index >= 15 is 0 Å². The molecule has 6 aliphatic carbocycles. The zero-order valence-corrected chi connectivity index (χ0v) is 92.0. The van der Waals surface area contributed by atoms with Gasteiger partial charge in [0, 0.05) is 31.1 Å². The summed E-state index contributed by atoms with van der Waals surface area (Å²) >= 11 is 0. The van der Waals surface area contributed by atoms with Gasteiger partial charge in [-0.05, 0) is 301 Å². The highest BCUT2D eigenvalue weighted by molar-refractivity contribution is 5.87. The Kier molecular flexibility index (Phi) is 57.0. The number of carbonyl (C=O) groups excluding carboxylic acids is 8. The van der Waals surface area contributed by atoms with Gasteiger partial charge in [-0.15, -0.1) is 0 Å². The van der Waals surface area contributed by atoms with E-state index in [0.717, 1.165) is 109 Å². The smallest absolute Gasteiger partial charge is 0.434 e. The van der Waals surface area contributed by atoms with Gasteiger partial charge in [0.1, 0.15) is 36.1 Å². The van der Waals surface area contributed by atoms with Gasteiger partial charge in [-0.3, -0.25) is 38.4 Å². The molecule has 1 saturated heterocycles. The van der Waals surface area contributed by atoms with E-state index in [9.17, 15) is 151 Å². The molecule has 6 saturated carbocycles. The summed E-state index contributed by atoms with van der Waals surface area (Å²) in [6.45, 7) is 52.9. The minimum Gasteiger partial charge on any atom is -0.465 e. The van der Waals surface area contributed by atoms with Crippen LogP contribution in [0, 0.1) is 109 Å². The minimum absolute atomic E-state index is 0. The Morgan fingerprint density at radius 3 is 1.11 bits per heavy atom. The fourth-order valence-electron chi connectivity index (χ4n) is 17.5. The van der Waals surface area contributed by atoms with Crippen LogP contribution in [0.5, 0.6) is 0 Å². The van der Waals surface area contributed by atoms with Gasteiger partial charge in [-0.2, -0.15) is 92.2 Å². The third-order valence-corrected chi connectivity index (χ3v) is 31.5. The highest BCUT2D eigenvalue weighted by Crippen LogP contribution is 2.60. The number of halogens is 21. The predicted octanol–water partition coefficient (Wildman–Crippen LogP) is 29.5. The molecular formula is C107H183F21O20. The van der Waals surface area contributed by atoms with E-state index in [-0.39, 0.29) is 45.0 Å². The second kappa shape index (κ2) is 57.7. The summed E-state index contributed by atoms with van der Waals surface area (Å²) in [5, 5.41) is 38.0. The molecule has 148 heavy (non-hydrogen) atoms. The van der Waals surface area contributed by atoms with Crippen LogP contribution in [0.3, 0.4) is 0 Å². The van der Waals surface area contributed by atoms with Crippen molar-refractivity contribution < 1.29 is 189 Å². The van der Waals surface area contributed by atoms with Crippen molar-refractivity contribution in [3.05, 3.63) is 0 Å². The van der Waals surface area contributed by atoms with Gasteiger partial charge in [0.2, 0.25) is 0 Å². The molecule has 7 aliphatic rings. The molecule has 7 rings (SSSR count). The molecule has 7 fully saturated rings. The van der Waals surface area contributed by atoms with Crippen molar-refractivity contribution in [1.82, 2.24) is 0 Å². The lowest BCUT2D eigenvalue weighted by Gasteiger charge is -2.40. The number of hydrogen-bond donors (Lipinski definition) is 4. The Balaban J connectivity index is -0.00000165. The molecule has 0 aromatic rings. The Morgan fingerprint density at radius 1 is 0.412 bits per heavy atom. The van der Waals surface area contributed by atoms with Gasteiger partial charge in [0.15, 0.2) is 27.8 Å². The molecule has 0 spiro atoms. The number of hydrogen-bond acceptors (Lipinski definition) is 20. The van der Waals surface area contributed by atoms with Crippen molar-refractivity contribution in [2.75, 3.05) is 6.61 Å². The van der Waals surface area contributed by atoms with Crippen LogP contribution in [-0.4, -0.2) is 183 Å². The lowest BCUT2D eigenvalue weighted by molar-refractivity contribution is -0.315. The second-order valence-corrected chi connectivity index (χ2v) is 46.6. The largest absolute Gasteiger partial charge is 0.465 e. The number of aliphatic hydroxyl groups is 4. The molecule has 878 valence electrons. The van der Waals surface area contributed by atoms with E-state index in [1.807, 2.05) is 27.7 Å². The average Bonchev–Trinajstić information content (AvgIpc) is 1.54. The molecule has 0 aromatic heterocycles. The summed E-state index contributed by atoms with van der Waals surface area (Å²) in [6, 6.07) is 0. The Bertz CT molecular complexity index is 3880. The number of rotatable bonds is 34. The van der Waals surface area contributed by atoms with Gasteiger partial charge >= 0.3 is 91.0 Å². The summed E-state index contributed by atoms with van der Waals surface area (Å²) in [5.41, 5.74) is -17.9. The van der Waals surface area contributed by atoms with E-state index in [2.05, 4.69) is 46.3 Å². The van der Waals surface area contributed by atoms with E-state index in [1.54, 1.807) is 82.6 Å². The topological polar surface area (TPSA) is 291 Å². The number of ether oxygens (including phenoxy) is 8. The minimum atomic E-state index is -5.87. The molecule has 4 N–H and O–H groups in total. The van der Waals surface area contributed by atoms with Crippen molar-refractivity contribution in [3.63, 3.8) is 0 Å². The van der Waals surface area contributed by atoms with E-state index < -0.39 is 226 Å². The van der Waals surface area contributed by atoms with Crippen molar-refractivity contribution in [1.29, 1.82) is 0 Å². The SMILES string of the molecule is C.C.CC1C2CCC(C2)C1C.CCC(C)(C(=O)OC(C)(C)C)C(F)(F)F.CCC(C)(C)C(=O)OC(C)CC(C)(O)C(F)(F)F.CCC(C)(C)C(=O)OC(C)CC(C)(O)C(F)(F)F.CCC(C)(C)C(=O)OC(CC(C)(O)C(F)(F)F)C1CCCCC1.CCC(C)(C)C(=O)OC1C2CC3C1OC(=O)C3C2C(=O)OC(C(F)(F)F)C(F)(F)F.CCC(C)C1CCC(C(C)(O)C(F)(F)F)CC1.CCCCC(CC)COC(=O)C(C)(C)CC. The number of carbonyl (C=O) groups is 8. The highest BCUT2D eigenvalue weighted by Gasteiger charge is 2.72. The second-order valence-electron chi connectivity index (χ2n) is 46.6. The third-order valence-electron chi connectivity index (χ3n) is 31.5.